The zero-order valence-corrected chi connectivity index (χ0v) is 13.0. The van der Waals surface area contributed by atoms with Gasteiger partial charge in [0, 0.05) is 12.6 Å². The molecule has 1 aromatic rings. The molecule has 2 saturated carbocycles. The first-order chi connectivity index (χ1) is 10.1. The van der Waals surface area contributed by atoms with Crippen LogP contribution in [0.1, 0.15) is 31.2 Å². The van der Waals surface area contributed by atoms with Crippen LogP contribution in [0.15, 0.2) is 23.1 Å². The van der Waals surface area contributed by atoms with Crippen LogP contribution in [0.2, 0.25) is 0 Å². The quantitative estimate of drug-likeness (QED) is 0.833. The van der Waals surface area contributed by atoms with Gasteiger partial charge >= 0.3 is 0 Å². The van der Waals surface area contributed by atoms with Crippen molar-refractivity contribution < 1.29 is 18.3 Å². The van der Waals surface area contributed by atoms with E-state index in [0.717, 1.165) is 25.7 Å². The van der Waals surface area contributed by atoms with Crippen molar-refractivity contribution >= 4 is 10.0 Å². The molecule has 2 fully saturated rings. The average Bonchev–Trinajstić information content (AvgIpc) is 3.37. The van der Waals surface area contributed by atoms with Crippen molar-refractivity contribution in [3.05, 3.63) is 23.8 Å². The summed E-state index contributed by atoms with van der Waals surface area (Å²) in [5.41, 5.74) is 0.580. The zero-order valence-electron chi connectivity index (χ0n) is 12.2. The first kappa shape index (κ1) is 14.8. The van der Waals surface area contributed by atoms with Crippen molar-refractivity contribution in [2.45, 2.75) is 43.2 Å². The third-order valence-electron chi connectivity index (χ3n) is 4.09. The number of nitrogens with zero attached hydrogens (tertiary/aromatic N) is 1. The van der Waals surface area contributed by atoms with Crippen molar-refractivity contribution in [2.24, 2.45) is 5.92 Å². The van der Waals surface area contributed by atoms with Gasteiger partial charge in [-0.2, -0.15) is 4.31 Å². The number of rotatable bonds is 7. The fourth-order valence-electron chi connectivity index (χ4n) is 2.51. The number of aliphatic hydroxyl groups is 1. The van der Waals surface area contributed by atoms with E-state index in [1.54, 1.807) is 16.4 Å². The third kappa shape index (κ3) is 3.07. The maximum Gasteiger partial charge on any atom is 0.247 e. The van der Waals surface area contributed by atoms with Gasteiger partial charge in [-0.15, -0.1) is 0 Å². The second kappa shape index (κ2) is 5.59. The lowest BCUT2D eigenvalue weighted by Gasteiger charge is -2.23. The summed E-state index contributed by atoms with van der Waals surface area (Å²) in [4.78, 5) is 0.170. The summed E-state index contributed by atoms with van der Waals surface area (Å²) in [6, 6.07) is 4.95. The lowest BCUT2D eigenvalue weighted by Crippen LogP contribution is -2.35. The maximum absolute atomic E-state index is 13.0. The molecule has 6 heteroatoms. The monoisotopic (exact) mass is 311 g/mol. The van der Waals surface area contributed by atoms with Gasteiger partial charge in [-0.3, -0.25) is 0 Å². The minimum absolute atomic E-state index is 0.137. The molecule has 0 saturated heterocycles. The van der Waals surface area contributed by atoms with Crippen LogP contribution in [-0.4, -0.2) is 37.5 Å². The van der Waals surface area contributed by atoms with E-state index in [-0.39, 0.29) is 17.5 Å². The molecule has 0 unspecified atom stereocenters. The average molecular weight is 311 g/mol. The Morgan fingerprint density at radius 3 is 2.52 bits per heavy atom. The molecule has 3 rings (SSSR count). The highest BCUT2D eigenvalue weighted by molar-refractivity contribution is 7.89. The number of hydrogen-bond acceptors (Lipinski definition) is 4. The number of benzene rings is 1. The first-order valence-corrected chi connectivity index (χ1v) is 8.80. The van der Waals surface area contributed by atoms with Gasteiger partial charge in [0.15, 0.2) is 0 Å². The van der Waals surface area contributed by atoms with Gasteiger partial charge in [-0.05, 0) is 49.3 Å². The van der Waals surface area contributed by atoms with E-state index < -0.39 is 10.0 Å². The topological polar surface area (TPSA) is 66.8 Å². The predicted molar refractivity (Wildman–Crippen MR) is 78.6 cm³/mol. The normalized spacial score (nSPS) is 19.0. The molecule has 21 heavy (non-hydrogen) atoms. The van der Waals surface area contributed by atoms with E-state index in [1.165, 1.54) is 13.2 Å². The number of hydrogen-bond donors (Lipinski definition) is 1. The molecule has 5 nitrogen and oxygen atoms in total. The largest absolute Gasteiger partial charge is 0.495 e. The lowest BCUT2D eigenvalue weighted by molar-refractivity contribution is 0.281. The molecule has 2 aliphatic rings. The summed E-state index contributed by atoms with van der Waals surface area (Å²) < 4.78 is 32.8. The predicted octanol–water partition coefficient (Wildman–Crippen LogP) is 1.75. The number of aliphatic hydroxyl groups excluding tert-OH is 1. The molecule has 1 N–H and O–H groups in total. The Balaban J connectivity index is 1.98. The molecule has 0 radical (unpaired) electrons. The standard InChI is InChI=1S/C15H21NO4S/c1-20-14-7-4-12(10-17)8-15(14)21(18,19)16(13-5-6-13)9-11-2-3-11/h4,7-8,11,13,17H,2-3,5-6,9-10H2,1H3. The van der Waals surface area contributed by atoms with Crippen LogP contribution in [0.5, 0.6) is 5.75 Å². The molecule has 1 aromatic carbocycles. The number of ether oxygens (including phenoxy) is 1. The second-order valence-corrected chi connectivity index (χ2v) is 7.75. The molecule has 116 valence electrons. The van der Waals surface area contributed by atoms with Gasteiger partial charge in [-0.1, -0.05) is 6.07 Å². The smallest absolute Gasteiger partial charge is 0.247 e. The zero-order chi connectivity index (χ0) is 15.0. The highest BCUT2D eigenvalue weighted by Crippen LogP contribution is 2.39. The van der Waals surface area contributed by atoms with E-state index >= 15 is 0 Å². The highest BCUT2D eigenvalue weighted by Gasteiger charge is 2.42. The summed E-state index contributed by atoms with van der Waals surface area (Å²) in [7, 11) is -2.10. The Bertz CT molecular complexity index is 621. The molecular weight excluding hydrogens is 290 g/mol. The summed E-state index contributed by atoms with van der Waals surface area (Å²) in [5, 5.41) is 9.26. The van der Waals surface area contributed by atoms with Crippen molar-refractivity contribution in [3.8, 4) is 5.75 Å². The van der Waals surface area contributed by atoms with Crippen LogP contribution in [0.25, 0.3) is 0 Å². The fourth-order valence-corrected chi connectivity index (χ4v) is 4.48. The van der Waals surface area contributed by atoms with Gasteiger partial charge in [0.05, 0.1) is 13.7 Å². The van der Waals surface area contributed by atoms with E-state index in [4.69, 9.17) is 4.74 Å². The second-order valence-electron chi connectivity index (χ2n) is 5.89. The minimum atomic E-state index is -3.57. The van der Waals surface area contributed by atoms with Crippen molar-refractivity contribution in [2.75, 3.05) is 13.7 Å². The molecule has 0 bridgehead atoms. The molecule has 0 aromatic heterocycles. The summed E-state index contributed by atoms with van der Waals surface area (Å²) >= 11 is 0. The molecular formula is C15H21NO4S. The molecule has 0 amide bonds. The van der Waals surface area contributed by atoms with Crippen LogP contribution >= 0.6 is 0 Å². The lowest BCUT2D eigenvalue weighted by atomic mass is 10.2. The third-order valence-corrected chi connectivity index (χ3v) is 6.03. The van der Waals surface area contributed by atoms with Crippen molar-refractivity contribution in [1.82, 2.24) is 4.31 Å². The van der Waals surface area contributed by atoms with Gasteiger partial charge < -0.3 is 9.84 Å². The molecule has 0 aliphatic heterocycles. The van der Waals surface area contributed by atoms with Crippen LogP contribution in [0, 0.1) is 5.92 Å². The van der Waals surface area contributed by atoms with Crippen LogP contribution in [0.3, 0.4) is 0 Å². The van der Waals surface area contributed by atoms with Gasteiger partial charge in [-0.25, -0.2) is 8.42 Å². The van der Waals surface area contributed by atoms with Gasteiger partial charge in [0.25, 0.3) is 0 Å². The molecule has 0 heterocycles. The Morgan fingerprint density at radius 2 is 2.00 bits per heavy atom. The van der Waals surface area contributed by atoms with E-state index in [9.17, 15) is 13.5 Å². The summed E-state index contributed by atoms with van der Waals surface area (Å²) in [5.74, 6) is 0.848. The van der Waals surface area contributed by atoms with Crippen molar-refractivity contribution in [3.63, 3.8) is 0 Å². The first-order valence-electron chi connectivity index (χ1n) is 7.36. The highest BCUT2D eigenvalue weighted by atomic mass is 32.2. The van der Waals surface area contributed by atoms with Gasteiger partial charge in [0.1, 0.15) is 10.6 Å². The molecule has 0 atom stereocenters. The fraction of sp³-hybridized carbons (Fsp3) is 0.600. The van der Waals surface area contributed by atoms with E-state index in [1.807, 2.05) is 0 Å². The Labute approximate surface area is 125 Å². The van der Waals surface area contributed by atoms with E-state index in [0.29, 0.717) is 23.8 Å². The number of sulfonamides is 1. The Kier molecular flexibility index (Phi) is 3.94. The Morgan fingerprint density at radius 1 is 1.29 bits per heavy atom. The Hall–Kier alpha value is -1.11. The maximum atomic E-state index is 13.0. The molecule has 2 aliphatic carbocycles. The van der Waals surface area contributed by atoms with Crippen molar-refractivity contribution in [1.29, 1.82) is 0 Å². The minimum Gasteiger partial charge on any atom is -0.495 e. The molecule has 0 spiro atoms. The summed E-state index contributed by atoms with van der Waals surface area (Å²) in [6.45, 7) is 0.429. The SMILES string of the molecule is COc1ccc(CO)cc1S(=O)(=O)N(CC1CC1)C1CC1. The van der Waals surface area contributed by atoms with E-state index in [2.05, 4.69) is 0 Å². The summed E-state index contributed by atoms with van der Waals surface area (Å²) in [6.07, 6.45) is 4.11. The van der Waals surface area contributed by atoms with Crippen LogP contribution < -0.4 is 4.74 Å². The van der Waals surface area contributed by atoms with Crippen LogP contribution in [0.4, 0.5) is 0 Å². The number of methoxy groups -OCH3 is 1. The van der Waals surface area contributed by atoms with Gasteiger partial charge in [0.2, 0.25) is 10.0 Å². The van der Waals surface area contributed by atoms with Crippen LogP contribution in [-0.2, 0) is 16.6 Å².